The minimum absolute atomic E-state index is 0.0633. The minimum Gasteiger partial charge on any atom is -0.493 e. The van der Waals surface area contributed by atoms with Crippen LogP contribution in [-0.4, -0.2) is 57.2 Å². The first-order valence-electron chi connectivity index (χ1n) is 14.2. The van der Waals surface area contributed by atoms with E-state index in [1.165, 1.54) is 12.1 Å². The number of carbonyl (C=O) groups is 1. The van der Waals surface area contributed by atoms with Gasteiger partial charge in [0.1, 0.15) is 17.3 Å². The Morgan fingerprint density at radius 1 is 1.09 bits per heavy atom. The van der Waals surface area contributed by atoms with Crippen LogP contribution in [0.1, 0.15) is 39.2 Å². The van der Waals surface area contributed by atoms with E-state index >= 15 is 4.39 Å². The van der Waals surface area contributed by atoms with Crippen molar-refractivity contribution in [1.82, 2.24) is 24.1 Å². The predicted molar refractivity (Wildman–Crippen MR) is 167 cm³/mol. The maximum Gasteiger partial charge on any atom is 0.416 e. The molecule has 0 atom stereocenters. The number of hydrogen-bond acceptors (Lipinski definition) is 6. The summed E-state index contributed by atoms with van der Waals surface area (Å²) < 4.78 is 64.9. The van der Waals surface area contributed by atoms with E-state index in [0.717, 1.165) is 29.6 Å². The van der Waals surface area contributed by atoms with Crippen molar-refractivity contribution in [3.05, 3.63) is 101 Å². The topological polar surface area (TPSA) is 88.7 Å². The van der Waals surface area contributed by atoms with Crippen LogP contribution in [0, 0.1) is 24.6 Å². The van der Waals surface area contributed by atoms with E-state index in [-0.39, 0.29) is 23.6 Å². The van der Waals surface area contributed by atoms with Gasteiger partial charge in [0.05, 0.1) is 41.5 Å². The van der Waals surface area contributed by atoms with Gasteiger partial charge in [-0.3, -0.25) is 13.9 Å². The third-order valence-electron chi connectivity index (χ3n) is 6.91. The van der Waals surface area contributed by atoms with E-state index in [0.29, 0.717) is 35.4 Å². The maximum absolute atomic E-state index is 15.0. The third-order valence-corrected chi connectivity index (χ3v) is 6.91. The highest BCUT2D eigenvalue weighted by Gasteiger charge is 2.32. The molecule has 0 aliphatic carbocycles. The van der Waals surface area contributed by atoms with Crippen molar-refractivity contribution in [1.29, 1.82) is 0 Å². The average molecular weight is 634 g/mol. The van der Waals surface area contributed by atoms with Crippen molar-refractivity contribution in [3.63, 3.8) is 0 Å². The Morgan fingerprint density at radius 3 is 2.61 bits per heavy atom. The van der Waals surface area contributed by atoms with Crippen LogP contribution in [0.25, 0.3) is 5.65 Å². The SMILES string of the molecule is Cc1cc(F)c(C(=O)Nc2cc(OCCCN(C)C)cc(C(F)(F)F)c2)cc1C#Cc1cnc2c(Nc3cnn(C)c3)cccn12. The van der Waals surface area contributed by atoms with Crippen LogP contribution in [-0.2, 0) is 13.2 Å². The number of fused-ring (bicyclic) bond motifs is 1. The zero-order valence-corrected chi connectivity index (χ0v) is 25.5. The molecule has 5 aromatic rings. The number of benzene rings is 2. The van der Waals surface area contributed by atoms with Crippen LogP contribution in [0.3, 0.4) is 0 Å². The molecule has 2 N–H and O–H groups in total. The normalized spacial score (nSPS) is 11.4. The van der Waals surface area contributed by atoms with Crippen molar-refractivity contribution in [2.45, 2.75) is 19.5 Å². The number of pyridine rings is 1. The summed E-state index contributed by atoms with van der Waals surface area (Å²) in [7, 11) is 5.56. The fraction of sp³-hybridized carbons (Fsp3) is 0.242. The number of anilines is 3. The molecular formula is C33H31F4N7O2. The first-order valence-corrected chi connectivity index (χ1v) is 14.2. The van der Waals surface area contributed by atoms with Gasteiger partial charge < -0.3 is 20.3 Å². The summed E-state index contributed by atoms with van der Waals surface area (Å²) >= 11 is 0. The fourth-order valence-corrected chi connectivity index (χ4v) is 4.64. The number of ether oxygens (including phenoxy) is 1. The molecule has 13 heteroatoms. The van der Waals surface area contributed by atoms with Gasteiger partial charge >= 0.3 is 6.18 Å². The van der Waals surface area contributed by atoms with Crippen LogP contribution in [0.15, 0.2) is 67.3 Å². The Morgan fingerprint density at radius 2 is 1.89 bits per heavy atom. The van der Waals surface area contributed by atoms with Crippen LogP contribution < -0.4 is 15.4 Å². The number of nitrogens with zero attached hydrogens (tertiary/aromatic N) is 5. The highest BCUT2D eigenvalue weighted by Crippen LogP contribution is 2.34. The number of carbonyl (C=O) groups excluding carboxylic acids is 1. The number of nitrogens with one attached hydrogen (secondary N) is 2. The molecule has 3 aromatic heterocycles. The lowest BCUT2D eigenvalue weighted by Gasteiger charge is -2.15. The van der Waals surface area contributed by atoms with Gasteiger partial charge in [0.25, 0.3) is 5.91 Å². The molecule has 5 rings (SSSR count). The molecule has 2 aromatic carbocycles. The van der Waals surface area contributed by atoms with Gasteiger partial charge in [0.2, 0.25) is 0 Å². The Bertz CT molecular complexity index is 1950. The number of aromatic nitrogens is 4. The minimum atomic E-state index is -4.69. The summed E-state index contributed by atoms with van der Waals surface area (Å²) in [6.07, 6.45) is 2.80. The Balaban J connectivity index is 1.39. The van der Waals surface area contributed by atoms with E-state index in [1.807, 2.05) is 44.4 Å². The predicted octanol–water partition coefficient (Wildman–Crippen LogP) is 6.26. The standard InChI is InChI=1S/C33H31F4N7O2/c1-21-13-29(34)28(32(45)41-24-15-23(33(35,36)37)16-27(17-24)46-12-6-10-42(2)3)14-22(21)8-9-26-19-38-31-30(7-5-11-44(26)31)40-25-18-39-43(4)20-25/h5,7,11,13-20,40H,6,10,12H2,1-4H3,(H,41,45). The van der Waals surface area contributed by atoms with Crippen molar-refractivity contribution in [2.75, 3.05) is 37.9 Å². The van der Waals surface area contributed by atoms with E-state index in [4.69, 9.17) is 4.74 Å². The lowest BCUT2D eigenvalue weighted by atomic mass is 10.0. The quantitative estimate of drug-likeness (QED) is 0.113. The summed E-state index contributed by atoms with van der Waals surface area (Å²) in [6.45, 7) is 2.50. The van der Waals surface area contributed by atoms with Crippen LogP contribution >= 0.6 is 0 Å². The Hall–Kier alpha value is -5.35. The van der Waals surface area contributed by atoms with Crippen molar-refractivity contribution >= 4 is 28.6 Å². The Kier molecular flexibility index (Phi) is 9.29. The smallest absolute Gasteiger partial charge is 0.416 e. The zero-order chi connectivity index (χ0) is 33.0. The number of hydrogen-bond donors (Lipinski definition) is 2. The molecule has 0 spiro atoms. The molecule has 0 bridgehead atoms. The number of imidazole rings is 1. The second-order valence-electron chi connectivity index (χ2n) is 10.9. The second-order valence-corrected chi connectivity index (χ2v) is 10.9. The van der Waals surface area contributed by atoms with E-state index in [1.54, 1.807) is 34.6 Å². The molecule has 0 saturated heterocycles. The third kappa shape index (κ3) is 7.65. The van der Waals surface area contributed by atoms with Crippen LogP contribution in [0.2, 0.25) is 0 Å². The maximum atomic E-state index is 15.0. The van der Waals surface area contributed by atoms with Crippen LogP contribution in [0.4, 0.5) is 34.6 Å². The number of alkyl halides is 3. The molecule has 1 amide bonds. The highest BCUT2D eigenvalue weighted by molar-refractivity contribution is 6.05. The van der Waals surface area contributed by atoms with Crippen LogP contribution in [0.5, 0.6) is 5.75 Å². The molecule has 238 valence electrons. The zero-order valence-electron chi connectivity index (χ0n) is 25.5. The van der Waals surface area contributed by atoms with Gasteiger partial charge in [-0.1, -0.05) is 5.92 Å². The van der Waals surface area contributed by atoms with Gasteiger partial charge in [-0.05, 0) is 75.3 Å². The number of amides is 1. The molecule has 0 aliphatic heterocycles. The largest absolute Gasteiger partial charge is 0.493 e. The molecule has 46 heavy (non-hydrogen) atoms. The number of rotatable bonds is 9. The summed E-state index contributed by atoms with van der Waals surface area (Å²) in [5, 5.41) is 9.81. The first-order chi connectivity index (χ1) is 21.9. The lowest BCUT2D eigenvalue weighted by Crippen LogP contribution is -2.17. The van der Waals surface area contributed by atoms with Gasteiger partial charge in [0.15, 0.2) is 5.65 Å². The Labute approximate surface area is 262 Å². The first kappa shape index (κ1) is 32.1. The molecular weight excluding hydrogens is 602 g/mol. The van der Waals surface area contributed by atoms with E-state index < -0.39 is 23.5 Å². The molecule has 3 heterocycles. The monoisotopic (exact) mass is 633 g/mol. The van der Waals surface area contributed by atoms with Gasteiger partial charge in [-0.2, -0.15) is 18.3 Å². The van der Waals surface area contributed by atoms with Crippen molar-refractivity contribution in [3.8, 4) is 17.6 Å². The molecule has 0 radical (unpaired) electrons. The van der Waals surface area contributed by atoms with E-state index in [2.05, 4.69) is 32.6 Å². The summed E-state index contributed by atoms with van der Waals surface area (Å²) in [4.78, 5) is 19.6. The summed E-state index contributed by atoms with van der Waals surface area (Å²) in [6, 6.07) is 9.05. The summed E-state index contributed by atoms with van der Waals surface area (Å²) in [5.74, 6) is 4.17. The highest BCUT2D eigenvalue weighted by atomic mass is 19.4. The average Bonchev–Trinajstić information content (AvgIpc) is 3.60. The number of halogens is 4. The van der Waals surface area contributed by atoms with Crippen molar-refractivity contribution in [2.24, 2.45) is 7.05 Å². The molecule has 9 nitrogen and oxygen atoms in total. The number of aryl methyl sites for hydroxylation is 2. The van der Waals surface area contributed by atoms with Gasteiger partial charge in [-0.15, -0.1) is 0 Å². The molecule has 0 unspecified atom stereocenters. The molecule has 0 fully saturated rings. The van der Waals surface area contributed by atoms with Gasteiger partial charge in [0, 0.05) is 43.3 Å². The molecule has 0 aliphatic rings. The second kappa shape index (κ2) is 13.3. The van der Waals surface area contributed by atoms with Crippen molar-refractivity contribution < 1.29 is 27.1 Å². The fourth-order valence-electron chi connectivity index (χ4n) is 4.64. The molecule has 0 saturated carbocycles. The summed E-state index contributed by atoms with van der Waals surface area (Å²) in [5.41, 5.74) is 1.95. The lowest BCUT2D eigenvalue weighted by molar-refractivity contribution is -0.137. The van der Waals surface area contributed by atoms with Gasteiger partial charge in [-0.25, -0.2) is 9.37 Å². The van der Waals surface area contributed by atoms with E-state index in [9.17, 15) is 18.0 Å².